The molecule has 11 heteroatoms. The molecule has 0 spiro atoms. The Labute approximate surface area is 189 Å². The second kappa shape index (κ2) is 8.62. The third-order valence-electron chi connectivity index (χ3n) is 5.07. The van der Waals surface area contributed by atoms with Gasteiger partial charge in [-0.25, -0.2) is 8.42 Å². The van der Waals surface area contributed by atoms with Gasteiger partial charge in [-0.15, -0.1) is 11.3 Å². The number of amides is 2. The summed E-state index contributed by atoms with van der Waals surface area (Å²) in [6.07, 6.45) is 2.52. The van der Waals surface area contributed by atoms with Crippen molar-refractivity contribution in [3.05, 3.63) is 45.6 Å². The molecule has 1 unspecified atom stereocenters. The van der Waals surface area contributed by atoms with Crippen LogP contribution in [-0.2, 0) is 19.6 Å². The van der Waals surface area contributed by atoms with E-state index in [-0.39, 0.29) is 53.7 Å². The van der Waals surface area contributed by atoms with Crippen LogP contribution in [0.5, 0.6) is 5.75 Å². The molecule has 0 saturated carbocycles. The van der Waals surface area contributed by atoms with Gasteiger partial charge in [-0.2, -0.15) is 4.31 Å². The highest BCUT2D eigenvalue weighted by Crippen LogP contribution is 2.38. The van der Waals surface area contributed by atoms with E-state index in [4.69, 9.17) is 16.3 Å². The molecule has 1 atom stereocenters. The fraction of sp³-hybridized carbons (Fsp3) is 0.300. The Morgan fingerprint density at radius 3 is 2.71 bits per heavy atom. The van der Waals surface area contributed by atoms with Gasteiger partial charge < -0.3 is 15.0 Å². The van der Waals surface area contributed by atoms with Gasteiger partial charge in [0.2, 0.25) is 15.9 Å². The van der Waals surface area contributed by atoms with Crippen LogP contribution in [-0.4, -0.2) is 61.7 Å². The number of sulfonamides is 1. The molecule has 3 heterocycles. The van der Waals surface area contributed by atoms with Crippen LogP contribution in [0, 0.1) is 0 Å². The number of anilines is 1. The molecular weight excluding hydrogens is 462 g/mol. The number of halogens is 1. The minimum Gasteiger partial charge on any atom is -0.479 e. The summed E-state index contributed by atoms with van der Waals surface area (Å²) in [4.78, 5) is 26.7. The summed E-state index contributed by atoms with van der Waals surface area (Å²) in [5.74, 6) is -0.230. The summed E-state index contributed by atoms with van der Waals surface area (Å²) in [6.45, 7) is 2.44. The van der Waals surface area contributed by atoms with E-state index in [1.807, 2.05) is 17.5 Å². The van der Waals surface area contributed by atoms with Crippen molar-refractivity contribution in [3.63, 3.8) is 0 Å². The number of carbonyl (C=O) groups is 2. The van der Waals surface area contributed by atoms with Gasteiger partial charge in [-0.1, -0.05) is 17.7 Å². The first kappa shape index (κ1) is 21.8. The van der Waals surface area contributed by atoms with E-state index in [1.54, 1.807) is 17.9 Å². The summed E-state index contributed by atoms with van der Waals surface area (Å²) >= 11 is 7.77. The van der Waals surface area contributed by atoms with Gasteiger partial charge in [0.15, 0.2) is 6.10 Å². The number of hydrogen-bond acceptors (Lipinski definition) is 6. The van der Waals surface area contributed by atoms with Crippen molar-refractivity contribution in [3.8, 4) is 5.75 Å². The molecule has 2 aliphatic rings. The molecule has 1 saturated heterocycles. The molecule has 31 heavy (non-hydrogen) atoms. The van der Waals surface area contributed by atoms with E-state index in [2.05, 4.69) is 5.32 Å². The quantitative estimate of drug-likeness (QED) is 0.677. The standard InChI is InChI=1S/C20H20ClN3O5S2/c1-13-20(26)22-16-11-15(21)18(12-17(16)29-13)31(27,28)24-8-6-23(7-9-24)19(25)5-4-14-3-2-10-30-14/h2-5,10-13H,6-9H2,1H3,(H,22,26)/b5-4+. The number of benzene rings is 1. The molecule has 2 aliphatic heterocycles. The first-order valence-corrected chi connectivity index (χ1v) is 12.3. The Bertz CT molecular complexity index is 1140. The van der Waals surface area contributed by atoms with Crippen LogP contribution in [0.4, 0.5) is 5.69 Å². The molecule has 1 fully saturated rings. The third-order valence-corrected chi connectivity index (χ3v) is 8.27. The molecule has 164 valence electrons. The number of ether oxygens (including phenoxy) is 1. The van der Waals surface area contributed by atoms with Crippen LogP contribution in [0.15, 0.2) is 40.6 Å². The number of hydrogen-bond donors (Lipinski definition) is 1. The Morgan fingerprint density at radius 1 is 1.29 bits per heavy atom. The van der Waals surface area contributed by atoms with E-state index in [0.29, 0.717) is 5.69 Å². The van der Waals surface area contributed by atoms with Gasteiger partial charge in [0.1, 0.15) is 10.6 Å². The molecule has 2 aromatic rings. The summed E-state index contributed by atoms with van der Waals surface area (Å²) < 4.78 is 33.2. The van der Waals surface area contributed by atoms with Crippen molar-refractivity contribution < 1.29 is 22.7 Å². The summed E-state index contributed by atoms with van der Waals surface area (Å²) in [5.41, 5.74) is 0.333. The second-order valence-corrected chi connectivity index (χ2v) is 10.4. The van der Waals surface area contributed by atoms with Crippen LogP contribution in [0.25, 0.3) is 6.08 Å². The van der Waals surface area contributed by atoms with Crippen LogP contribution in [0.3, 0.4) is 0 Å². The molecule has 2 amide bonds. The van der Waals surface area contributed by atoms with Crippen molar-refractivity contribution in [1.29, 1.82) is 0 Å². The highest BCUT2D eigenvalue weighted by Gasteiger charge is 2.33. The van der Waals surface area contributed by atoms with Gasteiger partial charge in [0.05, 0.1) is 10.7 Å². The Hall–Kier alpha value is -2.40. The molecule has 8 nitrogen and oxygen atoms in total. The zero-order valence-electron chi connectivity index (χ0n) is 16.6. The van der Waals surface area contributed by atoms with E-state index < -0.39 is 16.1 Å². The summed E-state index contributed by atoms with van der Waals surface area (Å²) in [5, 5.41) is 4.57. The first-order valence-electron chi connectivity index (χ1n) is 9.57. The minimum atomic E-state index is -3.90. The highest BCUT2D eigenvalue weighted by molar-refractivity contribution is 7.89. The average molecular weight is 482 g/mol. The maximum absolute atomic E-state index is 13.2. The Kier molecular flexibility index (Phi) is 6.07. The fourth-order valence-electron chi connectivity index (χ4n) is 3.34. The van der Waals surface area contributed by atoms with Crippen molar-refractivity contribution in [1.82, 2.24) is 9.21 Å². The molecule has 1 aromatic carbocycles. The van der Waals surface area contributed by atoms with Gasteiger partial charge in [-0.3, -0.25) is 9.59 Å². The molecule has 4 rings (SSSR count). The first-order chi connectivity index (χ1) is 14.8. The maximum atomic E-state index is 13.2. The van der Waals surface area contributed by atoms with E-state index >= 15 is 0 Å². The SMILES string of the molecule is CC1Oc2cc(S(=O)(=O)N3CCN(C(=O)/C=C/c4cccs4)CC3)c(Cl)cc2NC1=O. The zero-order valence-corrected chi connectivity index (χ0v) is 19.0. The number of thiophene rings is 1. The van der Waals surface area contributed by atoms with Gasteiger partial charge in [0, 0.05) is 43.2 Å². The Balaban J connectivity index is 1.46. The minimum absolute atomic E-state index is 0.00501. The van der Waals surface area contributed by atoms with Gasteiger partial charge >= 0.3 is 0 Å². The summed E-state index contributed by atoms with van der Waals surface area (Å²) in [7, 11) is -3.90. The van der Waals surface area contributed by atoms with E-state index in [0.717, 1.165) is 4.88 Å². The number of piperazine rings is 1. The van der Waals surface area contributed by atoms with Crippen molar-refractivity contribution in [2.45, 2.75) is 17.9 Å². The number of carbonyl (C=O) groups excluding carboxylic acids is 2. The third kappa shape index (κ3) is 4.47. The number of nitrogens with zero attached hydrogens (tertiary/aromatic N) is 2. The normalized spacial score (nSPS) is 19.7. The van der Waals surface area contributed by atoms with Crippen molar-refractivity contribution in [2.75, 3.05) is 31.5 Å². The Morgan fingerprint density at radius 2 is 2.03 bits per heavy atom. The summed E-state index contributed by atoms with van der Waals surface area (Å²) in [6, 6.07) is 6.54. The lowest BCUT2D eigenvalue weighted by molar-refractivity contribution is -0.127. The number of nitrogens with one attached hydrogen (secondary N) is 1. The topological polar surface area (TPSA) is 96.0 Å². The monoisotopic (exact) mass is 481 g/mol. The second-order valence-electron chi connectivity index (χ2n) is 7.11. The maximum Gasteiger partial charge on any atom is 0.265 e. The lowest BCUT2D eigenvalue weighted by Gasteiger charge is -2.34. The lowest BCUT2D eigenvalue weighted by Crippen LogP contribution is -2.50. The molecule has 0 radical (unpaired) electrons. The molecule has 0 aliphatic carbocycles. The molecule has 0 bridgehead atoms. The predicted octanol–water partition coefficient (Wildman–Crippen LogP) is 2.67. The van der Waals surface area contributed by atoms with Gasteiger partial charge in [-0.05, 0) is 30.5 Å². The number of fused-ring (bicyclic) bond motifs is 1. The van der Waals surface area contributed by atoms with E-state index in [9.17, 15) is 18.0 Å². The van der Waals surface area contributed by atoms with Crippen molar-refractivity contribution in [2.24, 2.45) is 0 Å². The van der Waals surface area contributed by atoms with Gasteiger partial charge in [0.25, 0.3) is 5.91 Å². The smallest absolute Gasteiger partial charge is 0.265 e. The van der Waals surface area contributed by atoms with Crippen LogP contribution < -0.4 is 10.1 Å². The van der Waals surface area contributed by atoms with Crippen LogP contribution >= 0.6 is 22.9 Å². The number of rotatable bonds is 4. The predicted molar refractivity (Wildman–Crippen MR) is 119 cm³/mol. The van der Waals surface area contributed by atoms with Crippen LogP contribution in [0.1, 0.15) is 11.8 Å². The zero-order chi connectivity index (χ0) is 22.2. The largest absolute Gasteiger partial charge is 0.479 e. The van der Waals surface area contributed by atoms with E-state index in [1.165, 1.54) is 33.9 Å². The lowest BCUT2D eigenvalue weighted by atomic mass is 10.2. The van der Waals surface area contributed by atoms with Crippen molar-refractivity contribution >= 4 is 56.5 Å². The average Bonchev–Trinajstić information content (AvgIpc) is 3.26. The fourth-order valence-corrected chi connectivity index (χ4v) is 5.90. The van der Waals surface area contributed by atoms with Crippen LogP contribution in [0.2, 0.25) is 5.02 Å². The molecular formula is C20H20ClN3O5S2. The molecule has 1 aromatic heterocycles. The molecule has 1 N–H and O–H groups in total. The highest BCUT2D eigenvalue weighted by atomic mass is 35.5.